The predicted octanol–water partition coefficient (Wildman–Crippen LogP) is 4.16. The van der Waals surface area contributed by atoms with Crippen molar-refractivity contribution in [2.75, 3.05) is 25.9 Å². The molecule has 0 atom stereocenters. The smallest absolute Gasteiger partial charge is 0.137 e. The molecule has 1 aliphatic heterocycles. The van der Waals surface area contributed by atoms with Gasteiger partial charge in [-0.2, -0.15) is 0 Å². The average molecular weight is 402 g/mol. The van der Waals surface area contributed by atoms with Gasteiger partial charge < -0.3 is 20.6 Å². The van der Waals surface area contributed by atoms with Gasteiger partial charge in [0, 0.05) is 35.1 Å². The summed E-state index contributed by atoms with van der Waals surface area (Å²) in [6, 6.07) is 14.6. The largest absolute Gasteiger partial charge is 0.496 e. The van der Waals surface area contributed by atoms with Crippen molar-refractivity contribution in [2.45, 2.75) is 25.4 Å². The molecule has 1 fully saturated rings. The Kier molecular flexibility index (Phi) is 4.81. The van der Waals surface area contributed by atoms with E-state index in [0.717, 1.165) is 71.3 Å². The molecule has 0 spiro atoms. The minimum Gasteiger partial charge on any atom is -0.496 e. The van der Waals surface area contributed by atoms with Crippen molar-refractivity contribution in [3.05, 3.63) is 54.2 Å². The molecule has 2 aromatic carbocycles. The third kappa shape index (κ3) is 3.38. The topological polar surface area (TPSA) is 90.5 Å². The van der Waals surface area contributed by atoms with Gasteiger partial charge in [-0.1, -0.05) is 18.2 Å². The number of methoxy groups -OCH3 is 1. The number of para-hydroxylation sites is 1. The number of nitrogens with two attached hydrogens (primary N) is 2. The maximum absolute atomic E-state index is 6.26. The zero-order chi connectivity index (χ0) is 20.7. The van der Waals surface area contributed by atoms with Crippen molar-refractivity contribution in [2.24, 2.45) is 5.73 Å². The summed E-state index contributed by atoms with van der Waals surface area (Å²) in [4.78, 5) is 6.87. The number of nitrogen functional groups attached to an aromatic ring is 1. The Morgan fingerprint density at radius 1 is 1.17 bits per heavy atom. The lowest BCUT2D eigenvalue weighted by Gasteiger charge is -2.30. The summed E-state index contributed by atoms with van der Waals surface area (Å²) in [6.45, 7) is 2.87. The number of anilines is 1. The van der Waals surface area contributed by atoms with E-state index in [4.69, 9.17) is 20.6 Å². The fraction of sp³-hybridized carbons (Fsp3) is 0.292. The Balaban J connectivity index is 1.63. The number of pyridine rings is 1. The van der Waals surface area contributed by atoms with E-state index in [1.165, 1.54) is 5.56 Å². The van der Waals surface area contributed by atoms with Crippen LogP contribution in [0.5, 0.6) is 5.75 Å². The molecule has 0 radical (unpaired) electrons. The van der Waals surface area contributed by atoms with Gasteiger partial charge >= 0.3 is 0 Å². The highest BCUT2D eigenvalue weighted by molar-refractivity contribution is 6.05. The molecule has 154 valence electrons. The molecule has 1 aliphatic rings. The molecule has 4 N–H and O–H groups in total. The van der Waals surface area contributed by atoms with Crippen LogP contribution < -0.4 is 16.2 Å². The standard InChI is InChI=1S/C24H26N4O2/c1-29-22-11-15(14-28-8-6-17(25)7-9-28)10-18-19(13-27-24(26)23(18)22)21-12-16-4-2-3-5-20(16)30-21/h2-5,10-13,17H,6-9,14,25H2,1H3,(H2,26,27). The number of ether oxygens (including phenoxy) is 1. The lowest BCUT2D eigenvalue weighted by Crippen LogP contribution is -2.39. The quantitative estimate of drug-likeness (QED) is 0.533. The summed E-state index contributed by atoms with van der Waals surface area (Å²) in [7, 11) is 1.67. The number of fused-ring (bicyclic) bond motifs is 2. The van der Waals surface area contributed by atoms with Crippen molar-refractivity contribution in [3.8, 4) is 17.1 Å². The van der Waals surface area contributed by atoms with Crippen molar-refractivity contribution in [3.63, 3.8) is 0 Å². The highest BCUT2D eigenvalue weighted by Crippen LogP contribution is 2.39. The first kappa shape index (κ1) is 18.9. The predicted molar refractivity (Wildman–Crippen MR) is 120 cm³/mol. The molecule has 0 bridgehead atoms. The van der Waals surface area contributed by atoms with Gasteiger partial charge in [0.05, 0.1) is 12.5 Å². The highest BCUT2D eigenvalue weighted by atomic mass is 16.5. The molecule has 30 heavy (non-hydrogen) atoms. The Labute approximate surface area is 175 Å². The van der Waals surface area contributed by atoms with Crippen LogP contribution in [-0.4, -0.2) is 36.1 Å². The highest BCUT2D eigenvalue weighted by Gasteiger charge is 2.19. The monoisotopic (exact) mass is 402 g/mol. The third-order valence-corrected chi connectivity index (χ3v) is 5.99. The molecule has 1 saturated heterocycles. The second-order valence-electron chi connectivity index (χ2n) is 8.04. The van der Waals surface area contributed by atoms with E-state index in [1.807, 2.05) is 30.3 Å². The van der Waals surface area contributed by atoms with Crippen molar-refractivity contribution in [1.29, 1.82) is 0 Å². The summed E-state index contributed by atoms with van der Waals surface area (Å²) in [5.41, 5.74) is 15.3. The molecule has 0 aliphatic carbocycles. The van der Waals surface area contributed by atoms with Gasteiger partial charge in [-0.05, 0) is 55.8 Å². The van der Waals surface area contributed by atoms with Gasteiger partial charge in [0.2, 0.25) is 0 Å². The van der Waals surface area contributed by atoms with Crippen LogP contribution in [-0.2, 0) is 6.54 Å². The van der Waals surface area contributed by atoms with Gasteiger partial charge in [0.1, 0.15) is 22.9 Å². The number of likely N-dealkylation sites (tertiary alicyclic amines) is 1. The normalized spacial score (nSPS) is 15.8. The molecular formula is C24H26N4O2. The number of nitrogens with zero attached hydrogens (tertiary/aromatic N) is 2. The Bertz CT molecular complexity index is 1180. The number of hydrogen-bond donors (Lipinski definition) is 2. The van der Waals surface area contributed by atoms with E-state index >= 15 is 0 Å². The molecule has 4 aromatic rings. The maximum Gasteiger partial charge on any atom is 0.137 e. The van der Waals surface area contributed by atoms with Gasteiger partial charge in [-0.3, -0.25) is 4.90 Å². The summed E-state index contributed by atoms with van der Waals surface area (Å²) in [5, 5.41) is 2.87. The molecule has 3 heterocycles. The van der Waals surface area contributed by atoms with Gasteiger partial charge in [0.15, 0.2) is 0 Å². The Morgan fingerprint density at radius 3 is 2.73 bits per heavy atom. The van der Waals surface area contributed by atoms with Crippen LogP contribution in [0, 0.1) is 0 Å². The SMILES string of the molecule is COc1cc(CN2CCC(N)CC2)cc2c(-c3cc4ccccc4o3)cnc(N)c12. The summed E-state index contributed by atoms with van der Waals surface area (Å²) in [5.74, 6) is 1.97. The van der Waals surface area contributed by atoms with E-state index in [2.05, 4.69) is 22.0 Å². The summed E-state index contributed by atoms with van der Waals surface area (Å²) >= 11 is 0. The van der Waals surface area contributed by atoms with E-state index in [0.29, 0.717) is 11.9 Å². The Hall–Kier alpha value is -3.09. The zero-order valence-electron chi connectivity index (χ0n) is 17.1. The fourth-order valence-electron chi connectivity index (χ4n) is 4.35. The number of piperidine rings is 1. The van der Waals surface area contributed by atoms with E-state index in [1.54, 1.807) is 13.3 Å². The molecule has 5 rings (SSSR count). The van der Waals surface area contributed by atoms with Crippen LogP contribution >= 0.6 is 0 Å². The second-order valence-corrected chi connectivity index (χ2v) is 8.04. The van der Waals surface area contributed by atoms with Crippen LogP contribution in [0.1, 0.15) is 18.4 Å². The van der Waals surface area contributed by atoms with Gasteiger partial charge in [-0.25, -0.2) is 4.98 Å². The number of aromatic nitrogens is 1. The second kappa shape index (κ2) is 7.63. The first-order valence-electron chi connectivity index (χ1n) is 10.3. The molecule has 0 unspecified atom stereocenters. The molecule has 0 amide bonds. The first-order valence-corrected chi connectivity index (χ1v) is 10.3. The van der Waals surface area contributed by atoms with Crippen molar-refractivity contribution in [1.82, 2.24) is 9.88 Å². The van der Waals surface area contributed by atoms with Crippen LogP contribution in [0.25, 0.3) is 33.1 Å². The number of rotatable bonds is 4. The molecular weight excluding hydrogens is 376 g/mol. The fourth-order valence-corrected chi connectivity index (χ4v) is 4.35. The van der Waals surface area contributed by atoms with Crippen LogP contribution in [0.15, 0.2) is 53.1 Å². The average Bonchev–Trinajstić information content (AvgIpc) is 3.19. The number of furan rings is 1. The minimum atomic E-state index is 0.318. The zero-order valence-corrected chi connectivity index (χ0v) is 17.1. The lowest BCUT2D eigenvalue weighted by molar-refractivity contribution is 0.205. The Morgan fingerprint density at radius 2 is 1.97 bits per heavy atom. The minimum absolute atomic E-state index is 0.318. The van der Waals surface area contributed by atoms with E-state index in [-0.39, 0.29) is 0 Å². The summed E-state index contributed by atoms with van der Waals surface area (Å²) < 4.78 is 11.8. The molecule has 6 nitrogen and oxygen atoms in total. The van der Waals surface area contributed by atoms with Gasteiger partial charge in [-0.15, -0.1) is 0 Å². The van der Waals surface area contributed by atoms with E-state index < -0.39 is 0 Å². The van der Waals surface area contributed by atoms with Crippen LogP contribution in [0.2, 0.25) is 0 Å². The first-order chi connectivity index (χ1) is 14.6. The molecule has 2 aromatic heterocycles. The van der Waals surface area contributed by atoms with Crippen LogP contribution in [0.3, 0.4) is 0 Å². The number of hydrogen-bond acceptors (Lipinski definition) is 6. The lowest BCUT2D eigenvalue weighted by atomic mass is 10.00. The van der Waals surface area contributed by atoms with Gasteiger partial charge in [0.25, 0.3) is 0 Å². The molecule has 0 saturated carbocycles. The van der Waals surface area contributed by atoms with Crippen molar-refractivity contribution >= 4 is 27.6 Å². The summed E-state index contributed by atoms with van der Waals surface area (Å²) in [6.07, 6.45) is 3.86. The molecule has 6 heteroatoms. The van der Waals surface area contributed by atoms with Crippen molar-refractivity contribution < 1.29 is 9.15 Å². The van der Waals surface area contributed by atoms with Crippen LogP contribution in [0.4, 0.5) is 5.82 Å². The number of benzene rings is 2. The maximum atomic E-state index is 6.26. The third-order valence-electron chi connectivity index (χ3n) is 5.99. The van der Waals surface area contributed by atoms with E-state index in [9.17, 15) is 0 Å².